The molecule has 0 bridgehead atoms. The lowest BCUT2D eigenvalue weighted by Gasteiger charge is -2.05. The van der Waals surface area contributed by atoms with Gasteiger partial charge in [0.15, 0.2) is 5.03 Å². The van der Waals surface area contributed by atoms with Gasteiger partial charge < -0.3 is 5.73 Å². The van der Waals surface area contributed by atoms with E-state index in [9.17, 15) is 8.42 Å². The summed E-state index contributed by atoms with van der Waals surface area (Å²) >= 11 is 0. The number of nitrogens with zero attached hydrogens (tertiary/aromatic N) is 2. The summed E-state index contributed by atoms with van der Waals surface area (Å²) in [5.41, 5.74) is 6.68. The van der Waals surface area contributed by atoms with Gasteiger partial charge in [-0.2, -0.15) is 0 Å². The molecule has 1 aromatic heterocycles. The van der Waals surface area contributed by atoms with Gasteiger partial charge >= 0.3 is 0 Å². The molecule has 2 aromatic rings. The fourth-order valence-electron chi connectivity index (χ4n) is 1.59. The first-order valence-electron chi connectivity index (χ1n) is 5.32. The minimum absolute atomic E-state index is 0.0114. The third kappa shape index (κ3) is 2.33. The Morgan fingerprint density at radius 2 is 1.67 bits per heavy atom. The lowest BCUT2D eigenvalue weighted by atomic mass is 10.3. The molecule has 2 rings (SSSR count). The largest absolute Gasteiger partial charge is 0.399 e. The molecule has 5 nitrogen and oxygen atoms in total. The second kappa shape index (κ2) is 4.38. The summed E-state index contributed by atoms with van der Waals surface area (Å²) in [5, 5.41) is 0.0114. The first kappa shape index (κ1) is 12.5. The van der Waals surface area contributed by atoms with Gasteiger partial charge in [-0.25, -0.2) is 18.4 Å². The molecule has 1 heterocycles. The summed E-state index contributed by atoms with van der Waals surface area (Å²) in [6.45, 7) is 3.39. The molecule has 0 aliphatic rings. The van der Waals surface area contributed by atoms with E-state index in [0.29, 0.717) is 17.2 Å². The predicted molar refractivity (Wildman–Crippen MR) is 67.8 cm³/mol. The molecular weight excluding hydrogens is 250 g/mol. The number of nitrogen functional groups attached to an aromatic ring is 1. The Morgan fingerprint density at radius 1 is 1.06 bits per heavy atom. The van der Waals surface area contributed by atoms with E-state index in [4.69, 9.17) is 5.73 Å². The van der Waals surface area contributed by atoms with Crippen LogP contribution in [0.15, 0.2) is 40.3 Å². The lowest BCUT2D eigenvalue weighted by molar-refractivity contribution is 0.591. The van der Waals surface area contributed by atoms with Gasteiger partial charge in [0.25, 0.3) is 0 Å². The monoisotopic (exact) mass is 263 g/mol. The van der Waals surface area contributed by atoms with Gasteiger partial charge in [0, 0.05) is 11.4 Å². The van der Waals surface area contributed by atoms with E-state index in [0.717, 1.165) is 0 Å². The van der Waals surface area contributed by atoms with Crippen LogP contribution in [0.2, 0.25) is 0 Å². The minimum atomic E-state index is -3.61. The van der Waals surface area contributed by atoms with E-state index < -0.39 is 9.84 Å². The molecule has 0 saturated carbocycles. The highest BCUT2D eigenvalue weighted by atomic mass is 32.2. The summed E-state index contributed by atoms with van der Waals surface area (Å²) in [6, 6.07) is 7.50. The molecule has 0 aliphatic carbocycles. The van der Waals surface area contributed by atoms with Crippen molar-refractivity contribution in [2.75, 3.05) is 5.73 Å². The summed E-state index contributed by atoms with van der Waals surface area (Å²) in [4.78, 5) is 8.21. The maximum absolute atomic E-state index is 12.3. The van der Waals surface area contributed by atoms with Gasteiger partial charge in [-0.05, 0) is 44.2 Å². The number of aromatic nitrogens is 2. The van der Waals surface area contributed by atoms with Gasteiger partial charge in [0.1, 0.15) is 5.82 Å². The highest BCUT2D eigenvalue weighted by Crippen LogP contribution is 2.20. The molecule has 0 radical (unpaired) electrons. The van der Waals surface area contributed by atoms with E-state index in [1.807, 2.05) is 0 Å². The summed E-state index contributed by atoms with van der Waals surface area (Å²) in [6.07, 6.45) is 0. The molecule has 0 unspecified atom stereocenters. The average molecular weight is 263 g/mol. The molecule has 0 spiro atoms. The number of hydrogen-bond donors (Lipinski definition) is 1. The Hall–Kier alpha value is -1.95. The molecule has 0 atom stereocenters. The Balaban J connectivity index is 2.57. The lowest BCUT2D eigenvalue weighted by Crippen LogP contribution is -2.07. The van der Waals surface area contributed by atoms with Crippen LogP contribution in [0.5, 0.6) is 0 Å². The van der Waals surface area contributed by atoms with Crippen LogP contribution in [0, 0.1) is 13.8 Å². The number of aryl methyl sites for hydroxylation is 2. The average Bonchev–Trinajstić information content (AvgIpc) is 2.28. The van der Waals surface area contributed by atoms with Crippen molar-refractivity contribution in [2.45, 2.75) is 23.8 Å². The van der Waals surface area contributed by atoms with Crippen LogP contribution in [0.3, 0.4) is 0 Å². The molecule has 0 fully saturated rings. The quantitative estimate of drug-likeness (QED) is 0.655. The molecule has 2 N–H and O–H groups in total. The zero-order valence-electron chi connectivity index (χ0n) is 10.1. The normalized spacial score (nSPS) is 11.4. The second-order valence-corrected chi connectivity index (χ2v) is 5.86. The Bertz CT molecular complexity index is 659. The van der Waals surface area contributed by atoms with Crippen molar-refractivity contribution in [1.82, 2.24) is 9.97 Å². The molecular formula is C12H13N3O2S. The van der Waals surface area contributed by atoms with Crippen LogP contribution >= 0.6 is 0 Å². The van der Waals surface area contributed by atoms with Crippen molar-refractivity contribution in [3.8, 4) is 0 Å². The highest BCUT2D eigenvalue weighted by molar-refractivity contribution is 7.91. The van der Waals surface area contributed by atoms with E-state index >= 15 is 0 Å². The van der Waals surface area contributed by atoms with Crippen molar-refractivity contribution in [3.63, 3.8) is 0 Å². The molecule has 18 heavy (non-hydrogen) atoms. The zero-order valence-corrected chi connectivity index (χ0v) is 10.9. The number of rotatable bonds is 2. The maximum Gasteiger partial charge on any atom is 0.223 e. The SMILES string of the molecule is Cc1cc(S(=O)(=O)c2ccc(N)cc2)nc(C)n1. The summed E-state index contributed by atoms with van der Waals surface area (Å²) in [7, 11) is -3.61. The summed E-state index contributed by atoms with van der Waals surface area (Å²) < 4.78 is 24.6. The molecule has 0 amide bonds. The van der Waals surface area contributed by atoms with Crippen LogP contribution < -0.4 is 5.73 Å². The molecule has 6 heteroatoms. The molecule has 94 valence electrons. The van der Waals surface area contributed by atoms with E-state index in [1.165, 1.54) is 18.2 Å². The van der Waals surface area contributed by atoms with Crippen LogP contribution in [0.4, 0.5) is 5.69 Å². The number of hydrogen-bond acceptors (Lipinski definition) is 5. The number of benzene rings is 1. The Morgan fingerprint density at radius 3 is 2.22 bits per heavy atom. The van der Waals surface area contributed by atoms with E-state index in [2.05, 4.69) is 9.97 Å². The van der Waals surface area contributed by atoms with Crippen molar-refractivity contribution in [2.24, 2.45) is 0 Å². The molecule has 0 aliphatic heterocycles. The van der Waals surface area contributed by atoms with Gasteiger partial charge in [0.2, 0.25) is 9.84 Å². The Labute approximate surface area is 106 Å². The van der Waals surface area contributed by atoms with Crippen molar-refractivity contribution in [3.05, 3.63) is 41.9 Å². The van der Waals surface area contributed by atoms with Crippen LogP contribution in [-0.2, 0) is 9.84 Å². The van der Waals surface area contributed by atoms with Crippen LogP contribution in [0.25, 0.3) is 0 Å². The van der Waals surface area contributed by atoms with E-state index in [1.54, 1.807) is 26.0 Å². The second-order valence-electron chi connectivity index (χ2n) is 3.97. The van der Waals surface area contributed by atoms with Gasteiger partial charge in [-0.1, -0.05) is 0 Å². The predicted octanol–water partition coefficient (Wildman–Crippen LogP) is 1.51. The number of sulfone groups is 1. The third-order valence-corrected chi connectivity index (χ3v) is 4.06. The van der Waals surface area contributed by atoms with Crippen molar-refractivity contribution >= 4 is 15.5 Å². The smallest absolute Gasteiger partial charge is 0.223 e. The molecule has 0 saturated heterocycles. The van der Waals surface area contributed by atoms with Gasteiger partial charge in [0.05, 0.1) is 4.90 Å². The van der Waals surface area contributed by atoms with Crippen molar-refractivity contribution < 1.29 is 8.42 Å². The number of nitrogens with two attached hydrogens (primary N) is 1. The Kier molecular flexibility index (Phi) is 3.04. The summed E-state index contributed by atoms with van der Waals surface area (Å²) in [5.74, 6) is 0.434. The third-order valence-electron chi connectivity index (χ3n) is 2.41. The van der Waals surface area contributed by atoms with Crippen LogP contribution in [0.1, 0.15) is 11.5 Å². The van der Waals surface area contributed by atoms with E-state index in [-0.39, 0.29) is 9.92 Å². The first-order valence-corrected chi connectivity index (χ1v) is 6.81. The fraction of sp³-hybridized carbons (Fsp3) is 0.167. The van der Waals surface area contributed by atoms with Gasteiger partial charge in [-0.3, -0.25) is 0 Å². The van der Waals surface area contributed by atoms with Crippen molar-refractivity contribution in [1.29, 1.82) is 0 Å². The number of anilines is 1. The van der Waals surface area contributed by atoms with Gasteiger partial charge in [-0.15, -0.1) is 0 Å². The standard InChI is InChI=1S/C12H13N3O2S/c1-8-7-12(15-9(2)14-8)18(16,17)11-5-3-10(13)4-6-11/h3-7H,13H2,1-2H3. The topological polar surface area (TPSA) is 85.9 Å². The first-order chi connectivity index (χ1) is 8.39. The molecule has 1 aromatic carbocycles. The fourth-order valence-corrected chi connectivity index (χ4v) is 2.90. The minimum Gasteiger partial charge on any atom is -0.399 e. The zero-order chi connectivity index (χ0) is 13.3. The maximum atomic E-state index is 12.3. The van der Waals surface area contributed by atoms with Crippen LogP contribution in [-0.4, -0.2) is 18.4 Å². The highest BCUT2D eigenvalue weighted by Gasteiger charge is 2.19.